The summed E-state index contributed by atoms with van der Waals surface area (Å²) in [5.74, 6) is 0. The van der Waals surface area contributed by atoms with E-state index in [0.717, 1.165) is 54.6 Å². The molecule has 1 atom stereocenters. The average Bonchev–Trinajstić information content (AvgIpc) is 2.44. The average molecular weight is 317 g/mol. The van der Waals surface area contributed by atoms with E-state index in [1.165, 1.54) is 0 Å². The lowest BCUT2D eigenvalue weighted by Gasteiger charge is -2.24. The van der Waals surface area contributed by atoms with Crippen molar-refractivity contribution in [1.29, 1.82) is 0 Å². The van der Waals surface area contributed by atoms with Crippen LogP contribution in [0.5, 0.6) is 0 Å². The molecule has 0 aromatic heterocycles. The second kappa shape index (κ2) is 9.62. The molecule has 20 heavy (non-hydrogen) atoms. The lowest BCUT2D eigenvalue weighted by Crippen LogP contribution is -2.36. The second-order valence-electron chi connectivity index (χ2n) is 4.97. The molecule has 4 heteroatoms. The predicted octanol–water partition coefficient (Wildman–Crippen LogP) is 4.25. The molecular formula is C16H26Cl2N2. The highest BCUT2D eigenvalue weighted by molar-refractivity contribution is 6.35. The van der Waals surface area contributed by atoms with Crippen LogP contribution in [-0.2, 0) is 6.42 Å². The van der Waals surface area contributed by atoms with Gasteiger partial charge in [-0.25, -0.2) is 0 Å². The van der Waals surface area contributed by atoms with Gasteiger partial charge in [0.05, 0.1) is 0 Å². The van der Waals surface area contributed by atoms with E-state index in [1.807, 2.05) is 18.2 Å². The molecule has 0 heterocycles. The summed E-state index contributed by atoms with van der Waals surface area (Å²) < 4.78 is 0. The van der Waals surface area contributed by atoms with Crippen molar-refractivity contribution in [2.75, 3.05) is 26.2 Å². The van der Waals surface area contributed by atoms with Crippen LogP contribution < -0.4 is 5.32 Å². The molecular weight excluding hydrogens is 291 g/mol. The molecule has 0 aliphatic rings. The molecule has 1 aromatic rings. The summed E-state index contributed by atoms with van der Waals surface area (Å²) in [5.41, 5.74) is 1.06. The zero-order valence-electron chi connectivity index (χ0n) is 12.8. The van der Waals surface area contributed by atoms with Crippen molar-refractivity contribution in [3.8, 4) is 0 Å². The highest BCUT2D eigenvalue weighted by Crippen LogP contribution is 2.26. The lowest BCUT2D eigenvalue weighted by atomic mass is 10.0. The number of hydrogen-bond donors (Lipinski definition) is 1. The maximum Gasteiger partial charge on any atom is 0.0453 e. The van der Waals surface area contributed by atoms with Crippen molar-refractivity contribution >= 4 is 23.2 Å². The Kier molecular flexibility index (Phi) is 8.55. The fourth-order valence-corrected chi connectivity index (χ4v) is 2.97. The molecule has 114 valence electrons. The normalized spacial score (nSPS) is 12.9. The Balaban J connectivity index is 2.67. The molecule has 1 rings (SSSR count). The first-order chi connectivity index (χ1) is 9.62. The summed E-state index contributed by atoms with van der Waals surface area (Å²) in [6.45, 7) is 10.8. The van der Waals surface area contributed by atoms with E-state index in [4.69, 9.17) is 23.2 Å². The molecule has 1 aromatic carbocycles. The van der Waals surface area contributed by atoms with Crippen molar-refractivity contribution < 1.29 is 0 Å². The van der Waals surface area contributed by atoms with Crippen LogP contribution in [0.4, 0.5) is 0 Å². The smallest absolute Gasteiger partial charge is 0.0453 e. The van der Waals surface area contributed by atoms with Crippen LogP contribution in [0.1, 0.15) is 32.8 Å². The standard InChI is InChI=1S/C16H26Cl2N2/c1-4-19-13(10-11-20(5-2)6-3)12-14-15(17)8-7-9-16(14)18/h7-9,13,19H,4-6,10-12H2,1-3H3. The van der Waals surface area contributed by atoms with Gasteiger partial charge in [0.2, 0.25) is 0 Å². The molecule has 0 radical (unpaired) electrons. The maximum atomic E-state index is 6.27. The third-order valence-corrected chi connectivity index (χ3v) is 4.40. The van der Waals surface area contributed by atoms with Crippen LogP contribution in [-0.4, -0.2) is 37.1 Å². The molecule has 2 nitrogen and oxygen atoms in total. The van der Waals surface area contributed by atoms with Gasteiger partial charge in [0.15, 0.2) is 0 Å². The first-order valence-electron chi connectivity index (χ1n) is 7.50. The summed E-state index contributed by atoms with van der Waals surface area (Å²) in [5, 5.41) is 5.08. The number of halogens is 2. The van der Waals surface area contributed by atoms with Gasteiger partial charge in [0.1, 0.15) is 0 Å². The molecule has 0 saturated carbocycles. The van der Waals surface area contributed by atoms with Gasteiger partial charge in [0, 0.05) is 16.1 Å². The number of nitrogens with zero attached hydrogens (tertiary/aromatic N) is 1. The molecule has 0 fully saturated rings. The Morgan fingerprint density at radius 1 is 1.10 bits per heavy atom. The van der Waals surface area contributed by atoms with E-state index < -0.39 is 0 Å². The molecule has 0 saturated heterocycles. The van der Waals surface area contributed by atoms with E-state index in [0.29, 0.717) is 6.04 Å². The second-order valence-corrected chi connectivity index (χ2v) is 5.79. The van der Waals surface area contributed by atoms with Gasteiger partial charge in [-0.2, -0.15) is 0 Å². The first-order valence-corrected chi connectivity index (χ1v) is 8.26. The van der Waals surface area contributed by atoms with Gasteiger partial charge in [-0.05, 0) is 56.7 Å². The minimum Gasteiger partial charge on any atom is -0.314 e. The quantitative estimate of drug-likeness (QED) is 0.732. The minimum absolute atomic E-state index is 0.415. The molecule has 0 aliphatic carbocycles. The zero-order chi connectivity index (χ0) is 15.0. The summed E-state index contributed by atoms with van der Waals surface area (Å²) in [4.78, 5) is 2.44. The third-order valence-electron chi connectivity index (χ3n) is 3.69. The lowest BCUT2D eigenvalue weighted by molar-refractivity contribution is 0.281. The molecule has 1 N–H and O–H groups in total. The number of benzene rings is 1. The van der Waals surface area contributed by atoms with Crippen molar-refractivity contribution in [3.63, 3.8) is 0 Å². The SMILES string of the molecule is CCNC(CCN(CC)CC)Cc1c(Cl)cccc1Cl. The van der Waals surface area contributed by atoms with Gasteiger partial charge in [-0.3, -0.25) is 0 Å². The summed E-state index contributed by atoms with van der Waals surface area (Å²) in [7, 11) is 0. The van der Waals surface area contributed by atoms with E-state index in [-0.39, 0.29) is 0 Å². The first kappa shape index (κ1) is 17.8. The number of hydrogen-bond acceptors (Lipinski definition) is 2. The van der Waals surface area contributed by atoms with Crippen LogP contribution in [0.15, 0.2) is 18.2 Å². The Morgan fingerprint density at radius 3 is 2.20 bits per heavy atom. The number of likely N-dealkylation sites (N-methyl/N-ethyl adjacent to an activating group) is 1. The predicted molar refractivity (Wildman–Crippen MR) is 90.0 cm³/mol. The van der Waals surface area contributed by atoms with E-state index in [2.05, 4.69) is 31.0 Å². The van der Waals surface area contributed by atoms with Crippen LogP contribution in [0.2, 0.25) is 10.0 Å². The zero-order valence-corrected chi connectivity index (χ0v) is 14.3. The molecule has 0 spiro atoms. The minimum atomic E-state index is 0.415. The molecule has 0 bridgehead atoms. The Bertz CT molecular complexity index is 372. The fraction of sp³-hybridized carbons (Fsp3) is 0.625. The van der Waals surface area contributed by atoms with Crippen molar-refractivity contribution in [3.05, 3.63) is 33.8 Å². The Morgan fingerprint density at radius 2 is 1.70 bits per heavy atom. The molecule has 0 aliphatic heterocycles. The van der Waals surface area contributed by atoms with Crippen LogP contribution >= 0.6 is 23.2 Å². The molecule has 0 amide bonds. The fourth-order valence-electron chi connectivity index (χ4n) is 2.42. The van der Waals surface area contributed by atoms with Gasteiger partial charge in [-0.1, -0.05) is 50.0 Å². The summed E-state index contributed by atoms with van der Waals surface area (Å²) >= 11 is 12.5. The van der Waals surface area contributed by atoms with Crippen LogP contribution in [0.25, 0.3) is 0 Å². The monoisotopic (exact) mass is 316 g/mol. The van der Waals surface area contributed by atoms with Gasteiger partial charge < -0.3 is 10.2 Å². The highest BCUT2D eigenvalue weighted by Gasteiger charge is 2.14. The Hall–Kier alpha value is -0.280. The van der Waals surface area contributed by atoms with Crippen LogP contribution in [0, 0.1) is 0 Å². The van der Waals surface area contributed by atoms with Crippen molar-refractivity contribution in [1.82, 2.24) is 10.2 Å². The van der Waals surface area contributed by atoms with Crippen LogP contribution in [0.3, 0.4) is 0 Å². The highest BCUT2D eigenvalue weighted by atomic mass is 35.5. The molecule has 1 unspecified atom stereocenters. The topological polar surface area (TPSA) is 15.3 Å². The van der Waals surface area contributed by atoms with Crippen molar-refractivity contribution in [2.24, 2.45) is 0 Å². The van der Waals surface area contributed by atoms with Gasteiger partial charge in [-0.15, -0.1) is 0 Å². The summed E-state index contributed by atoms with van der Waals surface area (Å²) in [6.07, 6.45) is 1.99. The largest absolute Gasteiger partial charge is 0.314 e. The Labute approximate surface area is 133 Å². The number of rotatable bonds is 9. The van der Waals surface area contributed by atoms with E-state index in [1.54, 1.807) is 0 Å². The number of nitrogens with one attached hydrogen (secondary N) is 1. The third kappa shape index (κ3) is 5.61. The van der Waals surface area contributed by atoms with E-state index >= 15 is 0 Å². The van der Waals surface area contributed by atoms with Gasteiger partial charge >= 0.3 is 0 Å². The van der Waals surface area contributed by atoms with Crippen molar-refractivity contribution in [2.45, 2.75) is 39.7 Å². The summed E-state index contributed by atoms with van der Waals surface area (Å²) in [6, 6.07) is 6.14. The van der Waals surface area contributed by atoms with E-state index in [9.17, 15) is 0 Å². The maximum absolute atomic E-state index is 6.27. The van der Waals surface area contributed by atoms with Gasteiger partial charge in [0.25, 0.3) is 0 Å².